The predicted molar refractivity (Wildman–Crippen MR) is 148 cm³/mol. The Morgan fingerprint density at radius 3 is 2.24 bits per heavy atom. The number of amides is 1. The quantitative estimate of drug-likeness (QED) is 0.250. The Morgan fingerprint density at radius 1 is 0.895 bits per heavy atom. The van der Waals surface area contributed by atoms with Gasteiger partial charge in [0.2, 0.25) is 5.88 Å². The minimum atomic E-state index is -3.91. The lowest BCUT2D eigenvalue weighted by atomic mass is 9.97. The van der Waals surface area contributed by atoms with Crippen LogP contribution in [0, 0.1) is 20.8 Å². The van der Waals surface area contributed by atoms with E-state index in [-0.39, 0.29) is 16.7 Å². The highest BCUT2D eigenvalue weighted by Crippen LogP contribution is 2.31. The molecule has 0 unspecified atom stereocenters. The summed E-state index contributed by atoms with van der Waals surface area (Å²) in [5.41, 5.74) is 5.03. The van der Waals surface area contributed by atoms with E-state index < -0.39 is 10.0 Å². The maximum atomic E-state index is 13.5. The van der Waals surface area contributed by atoms with Crippen molar-refractivity contribution in [3.05, 3.63) is 100 Å². The number of pyridine rings is 1. The van der Waals surface area contributed by atoms with Crippen molar-refractivity contribution in [2.45, 2.75) is 25.7 Å². The number of carbonyl (C=O) groups excluding carboxylic acids is 1. The van der Waals surface area contributed by atoms with E-state index in [1.54, 1.807) is 26.0 Å². The Morgan fingerprint density at radius 2 is 1.58 bits per heavy atom. The van der Waals surface area contributed by atoms with Crippen molar-refractivity contribution in [1.29, 1.82) is 0 Å². The molecule has 0 bridgehead atoms. The summed E-state index contributed by atoms with van der Waals surface area (Å²) >= 11 is 6.06. The van der Waals surface area contributed by atoms with Gasteiger partial charge in [-0.05, 0) is 68.8 Å². The van der Waals surface area contributed by atoms with E-state index in [9.17, 15) is 13.2 Å². The van der Waals surface area contributed by atoms with Gasteiger partial charge in [0.25, 0.3) is 15.9 Å². The molecular weight excluding hydrogens is 524 g/mol. The Hall–Kier alpha value is -4.21. The molecule has 0 aliphatic carbocycles. The van der Waals surface area contributed by atoms with E-state index in [4.69, 9.17) is 21.1 Å². The average molecular weight is 547 g/mol. The Bertz CT molecular complexity index is 1780. The number of hydrogen-bond acceptors (Lipinski definition) is 6. The molecule has 192 valence electrons. The molecule has 0 aliphatic heterocycles. The van der Waals surface area contributed by atoms with Gasteiger partial charge < -0.3 is 9.84 Å². The van der Waals surface area contributed by atoms with Crippen LogP contribution in [0.15, 0.2) is 82.2 Å². The first kappa shape index (κ1) is 25.4. The zero-order valence-corrected chi connectivity index (χ0v) is 22.3. The number of fused-ring (bicyclic) bond motifs is 1. The van der Waals surface area contributed by atoms with Crippen LogP contribution in [0.3, 0.4) is 0 Å². The van der Waals surface area contributed by atoms with Gasteiger partial charge in [-0.25, -0.2) is 18.1 Å². The van der Waals surface area contributed by atoms with Gasteiger partial charge >= 0.3 is 0 Å². The maximum Gasteiger partial charge on any atom is 0.264 e. The first-order chi connectivity index (χ1) is 18.1. The summed E-state index contributed by atoms with van der Waals surface area (Å²) in [7, 11) is -3.91. The molecule has 5 aromatic rings. The van der Waals surface area contributed by atoms with E-state index >= 15 is 0 Å². The Balaban J connectivity index is 1.45. The summed E-state index contributed by atoms with van der Waals surface area (Å²) < 4.78 is 33.1. The van der Waals surface area contributed by atoms with Crippen molar-refractivity contribution < 1.29 is 17.7 Å². The lowest BCUT2D eigenvalue weighted by Crippen LogP contribution is -2.16. The minimum absolute atomic E-state index is 0.0134. The molecule has 0 saturated heterocycles. The van der Waals surface area contributed by atoms with Crippen LogP contribution in [0.5, 0.6) is 0 Å². The third-order valence-corrected chi connectivity index (χ3v) is 7.89. The number of nitrogens with zero attached hydrogens (tertiary/aromatic N) is 2. The summed E-state index contributed by atoms with van der Waals surface area (Å²) in [6.45, 7) is 5.29. The van der Waals surface area contributed by atoms with Crippen molar-refractivity contribution in [2.24, 2.45) is 0 Å². The smallest absolute Gasteiger partial charge is 0.264 e. The molecule has 8 nitrogen and oxygen atoms in total. The number of para-hydroxylation sites is 1. The van der Waals surface area contributed by atoms with Gasteiger partial charge in [0, 0.05) is 27.2 Å². The highest BCUT2D eigenvalue weighted by Gasteiger charge is 2.21. The number of carbonyl (C=O) groups is 1. The molecule has 0 atom stereocenters. The number of benzene rings is 3. The number of nitrogens with one attached hydrogen (secondary N) is 2. The number of anilines is 2. The van der Waals surface area contributed by atoms with Crippen LogP contribution in [0.1, 0.15) is 27.2 Å². The van der Waals surface area contributed by atoms with Crippen LogP contribution in [0.25, 0.3) is 22.2 Å². The average Bonchev–Trinajstić information content (AvgIpc) is 3.21. The molecule has 2 aromatic heterocycles. The second-order valence-corrected chi connectivity index (χ2v) is 10.9. The molecule has 0 aliphatic rings. The van der Waals surface area contributed by atoms with Crippen molar-refractivity contribution in [1.82, 2.24) is 10.1 Å². The molecule has 0 radical (unpaired) electrons. The SMILES string of the molecule is Cc1noc(NS(=O)(=O)c2ccc(NC(=O)c3c(C)c(-c4ccc(Cl)cc4)nc4ccccc34)cc2)c1C. The van der Waals surface area contributed by atoms with Crippen molar-refractivity contribution >= 4 is 50.0 Å². The first-order valence-corrected chi connectivity index (χ1v) is 13.5. The van der Waals surface area contributed by atoms with E-state index in [0.717, 1.165) is 5.56 Å². The molecular formula is C28H23ClN4O4S. The monoisotopic (exact) mass is 546 g/mol. The fourth-order valence-corrected chi connectivity index (χ4v) is 5.26. The second-order valence-electron chi connectivity index (χ2n) is 8.79. The Labute approximate surface area is 224 Å². The summed E-state index contributed by atoms with van der Waals surface area (Å²) in [4.78, 5) is 18.3. The molecule has 2 heterocycles. The zero-order valence-electron chi connectivity index (χ0n) is 20.7. The lowest BCUT2D eigenvalue weighted by molar-refractivity contribution is 0.102. The van der Waals surface area contributed by atoms with E-state index in [0.29, 0.717) is 49.7 Å². The van der Waals surface area contributed by atoms with Crippen molar-refractivity contribution in [3.8, 4) is 11.3 Å². The van der Waals surface area contributed by atoms with Gasteiger partial charge in [0.05, 0.1) is 27.4 Å². The highest BCUT2D eigenvalue weighted by atomic mass is 35.5. The minimum Gasteiger partial charge on any atom is -0.337 e. The third kappa shape index (κ3) is 4.85. The number of halogens is 1. The number of aryl methyl sites for hydroxylation is 1. The van der Waals surface area contributed by atoms with Crippen molar-refractivity contribution in [2.75, 3.05) is 10.0 Å². The molecule has 0 fully saturated rings. The largest absolute Gasteiger partial charge is 0.337 e. The third-order valence-electron chi connectivity index (χ3n) is 6.29. The van der Waals surface area contributed by atoms with E-state index in [1.165, 1.54) is 24.3 Å². The van der Waals surface area contributed by atoms with Gasteiger partial charge in [0.1, 0.15) is 0 Å². The highest BCUT2D eigenvalue weighted by molar-refractivity contribution is 7.92. The molecule has 0 saturated carbocycles. The van der Waals surface area contributed by atoms with Crippen LogP contribution in [0.2, 0.25) is 5.02 Å². The van der Waals surface area contributed by atoms with Gasteiger partial charge in [-0.15, -0.1) is 0 Å². The van der Waals surface area contributed by atoms with Crippen LogP contribution >= 0.6 is 11.6 Å². The standard InChI is InChI=1S/C28H23ClN4O4S/c1-16-18(3)32-37-28(16)33-38(35,36)22-14-12-21(13-15-22)30-27(34)25-17(2)26(19-8-10-20(29)11-9-19)31-24-7-5-4-6-23(24)25/h4-15,33H,1-3H3,(H,30,34). The van der Waals surface area contributed by atoms with E-state index in [1.807, 2.05) is 43.3 Å². The summed E-state index contributed by atoms with van der Waals surface area (Å²) in [5.74, 6) is -0.269. The molecule has 0 spiro atoms. The summed E-state index contributed by atoms with van der Waals surface area (Å²) in [6.07, 6.45) is 0. The zero-order chi connectivity index (χ0) is 27.0. The first-order valence-electron chi connectivity index (χ1n) is 11.7. The second kappa shape index (κ2) is 9.92. The molecule has 3 aromatic carbocycles. The number of hydrogen-bond donors (Lipinski definition) is 2. The molecule has 1 amide bonds. The van der Waals surface area contributed by atoms with Gasteiger partial charge in [-0.1, -0.05) is 47.1 Å². The van der Waals surface area contributed by atoms with Crippen LogP contribution in [-0.2, 0) is 10.0 Å². The van der Waals surface area contributed by atoms with Gasteiger partial charge in [-0.3, -0.25) is 4.79 Å². The Kier molecular flexibility index (Phi) is 6.64. The predicted octanol–water partition coefficient (Wildman–Crippen LogP) is 6.52. The van der Waals surface area contributed by atoms with Gasteiger partial charge in [0.15, 0.2) is 0 Å². The molecule has 10 heteroatoms. The van der Waals surface area contributed by atoms with E-state index in [2.05, 4.69) is 15.2 Å². The van der Waals surface area contributed by atoms with Crippen molar-refractivity contribution in [3.63, 3.8) is 0 Å². The maximum absolute atomic E-state index is 13.5. The van der Waals surface area contributed by atoms with Crippen LogP contribution in [-0.4, -0.2) is 24.5 Å². The summed E-state index contributed by atoms with van der Waals surface area (Å²) in [6, 6.07) is 20.6. The fourth-order valence-electron chi connectivity index (χ4n) is 4.09. The molecule has 38 heavy (non-hydrogen) atoms. The number of aromatic nitrogens is 2. The van der Waals surface area contributed by atoms with Crippen LogP contribution < -0.4 is 10.0 Å². The molecule has 5 rings (SSSR count). The topological polar surface area (TPSA) is 114 Å². The normalized spacial score (nSPS) is 11.5. The number of sulfonamides is 1. The lowest BCUT2D eigenvalue weighted by Gasteiger charge is -2.15. The van der Waals surface area contributed by atoms with Gasteiger partial charge in [-0.2, -0.15) is 0 Å². The summed E-state index contributed by atoms with van der Waals surface area (Å²) in [5, 5.41) is 7.97. The fraction of sp³-hybridized carbons (Fsp3) is 0.107. The molecule has 2 N–H and O–H groups in total. The number of rotatable bonds is 6. The van der Waals surface area contributed by atoms with Crippen LogP contribution in [0.4, 0.5) is 11.6 Å².